The molecule has 0 aliphatic rings. The Balaban J connectivity index is 3.65. The number of hydrogen-bond donors (Lipinski definition) is 3. The molecule has 0 rings (SSSR count). The molecular weight excluding hydrogens is 180 g/mol. The number of rotatable bonds is 7. The second-order valence-corrected chi connectivity index (χ2v) is 4.65. The van der Waals surface area contributed by atoms with Gasteiger partial charge in [0.15, 0.2) is 0 Å². The molecule has 0 aromatic carbocycles. The summed E-state index contributed by atoms with van der Waals surface area (Å²) in [5, 5.41) is 21.8. The standard InChI is InChI=1S/C10H24N2O2/c1-9(6-13)5-11-7-10(2,14)8-12(3)4/h9,11,13-14H,5-8H2,1-4H3. The SMILES string of the molecule is CC(CO)CNCC(C)(O)CN(C)C. The molecule has 0 saturated heterocycles. The monoisotopic (exact) mass is 204 g/mol. The third kappa shape index (κ3) is 7.26. The predicted octanol–water partition coefficient (Wildman–Crippen LogP) is -0.483. The lowest BCUT2D eigenvalue weighted by Crippen LogP contribution is -2.46. The van der Waals surface area contributed by atoms with Gasteiger partial charge in [0.05, 0.1) is 5.60 Å². The Hall–Kier alpha value is -0.160. The van der Waals surface area contributed by atoms with Crippen molar-refractivity contribution in [2.75, 3.05) is 40.3 Å². The van der Waals surface area contributed by atoms with E-state index in [0.29, 0.717) is 13.1 Å². The summed E-state index contributed by atoms with van der Waals surface area (Å²) in [5.41, 5.74) is -0.710. The molecule has 0 aromatic heterocycles. The third-order valence-electron chi connectivity index (χ3n) is 1.97. The van der Waals surface area contributed by atoms with Crippen LogP contribution in [0.1, 0.15) is 13.8 Å². The molecule has 4 nitrogen and oxygen atoms in total. The molecule has 0 aromatic rings. The molecule has 0 aliphatic heterocycles. The van der Waals surface area contributed by atoms with E-state index in [-0.39, 0.29) is 12.5 Å². The summed E-state index contributed by atoms with van der Waals surface area (Å²) in [6, 6.07) is 0. The van der Waals surface area contributed by atoms with Crippen molar-refractivity contribution in [1.82, 2.24) is 10.2 Å². The van der Waals surface area contributed by atoms with Crippen molar-refractivity contribution in [2.45, 2.75) is 19.4 Å². The highest BCUT2D eigenvalue weighted by molar-refractivity contribution is 4.78. The number of likely N-dealkylation sites (N-methyl/N-ethyl adjacent to an activating group) is 1. The molecule has 0 heterocycles. The predicted molar refractivity (Wildman–Crippen MR) is 58.3 cm³/mol. The number of hydrogen-bond acceptors (Lipinski definition) is 4. The number of aliphatic hydroxyl groups is 2. The average molecular weight is 204 g/mol. The van der Waals surface area contributed by atoms with E-state index in [4.69, 9.17) is 5.11 Å². The highest BCUT2D eigenvalue weighted by Crippen LogP contribution is 2.02. The Morgan fingerprint density at radius 1 is 1.43 bits per heavy atom. The van der Waals surface area contributed by atoms with Crippen molar-refractivity contribution in [3.05, 3.63) is 0 Å². The molecule has 2 atom stereocenters. The first-order valence-corrected chi connectivity index (χ1v) is 5.06. The van der Waals surface area contributed by atoms with Gasteiger partial charge in [0.1, 0.15) is 0 Å². The largest absolute Gasteiger partial charge is 0.396 e. The van der Waals surface area contributed by atoms with E-state index in [0.717, 1.165) is 6.54 Å². The molecular formula is C10H24N2O2. The molecule has 0 saturated carbocycles. The summed E-state index contributed by atoms with van der Waals surface area (Å²) in [4.78, 5) is 1.96. The second kappa shape index (κ2) is 6.35. The minimum Gasteiger partial charge on any atom is -0.396 e. The lowest BCUT2D eigenvalue weighted by Gasteiger charge is -2.27. The molecule has 86 valence electrons. The topological polar surface area (TPSA) is 55.7 Å². The molecule has 3 N–H and O–H groups in total. The maximum absolute atomic E-state index is 9.90. The number of nitrogens with zero attached hydrogens (tertiary/aromatic N) is 1. The minimum absolute atomic E-state index is 0.183. The highest BCUT2D eigenvalue weighted by atomic mass is 16.3. The van der Waals surface area contributed by atoms with Gasteiger partial charge in [-0.15, -0.1) is 0 Å². The van der Waals surface area contributed by atoms with Crippen LogP contribution in [0, 0.1) is 5.92 Å². The highest BCUT2D eigenvalue weighted by Gasteiger charge is 2.20. The summed E-state index contributed by atoms with van der Waals surface area (Å²) in [5.74, 6) is 0.241. The third-order valence-corrected chi connectivity index (χ3v) is 1.97. The van der Waals surface area contributed by atoms with Crippen molar-refractivity contribution in [3.8, 4) is 0 Å². The van der Waals surface area contributed by atoms with Crippen molar-refractivity contribution in [1.29, 1.82) is 0 Å². The van der Waals surface area contributed by atoms with Gasteiger partial charge in [0, 0.05) is 19.7 Å². The molecule has 2 unspecified atom stereocenters. The average Bonchev–Trinajstić information content (AvgIpc) is 2.01. The van der Waals surface area contributed by atoms with Crippen LogP contribution >= 0.6 is 0 Å². The van der Waals surface area contributed by atoms with Crippen LogP contribution in [0.3, 0.4) is 0 Å². The lowest BCUT2D eigenvalue weighted by molar-refractivity contribution is 0.0327. The first-order chi connectivity index (χ1) is 6.37. The first-order valence-electron chi connectivity index (χ1n) is 5.06. The summed E-state index contributed by atoms with van der Waals surface area (Å²) in [7, 11) is 3.87. The molecule has 0 amide bonds. The smallest absolute Gasteiger partial charge is 0.0869 e. The van der Waals surface area contributed by atoms with Crippen molar-refractivity contribution >= 4 is 0 Å². The van der Waals surface area contributed by atoms with E-state index in [1.807, 2.05) is 32.8 Å². The summed E-state index contributed by atoms with van der Waals surface area (Å²) in [6.45, 7) is 5.88. The van der Waals surface area contributed by atoms with Crippen molar-refractivity contribution < 1.29 is 10.2 Å². The zero-order chi connectivity index (χ0) is 11.2. The minimum atomic E-state index is -0.710. The fourth-order valence-corrected chi connectivity index (χ4v) is 1.39. The Bertz CT molecular complexity index is 149. The molecule has 0 fully saturated rings. The Morgan fingerprint density at radius 2 is 2.00 bits per heavy atom. The van der Waals surface area contributed by atoms with Gasteiger partial charge in [0.25, 0.3) is 0 Å². The van der Waals surface area contributed by atoms with Crippen LogP contribution < -0.4 is 5.32 Å². The van der Waals surface area contributed by atoms with E-state index >= 15 is 0 Å². The van der Waals surface area contributed by atoms with Crippen LogP contribution in [0.15, 0.2) is 0 Å². The molecule has 0 spiro atoms. The van der Waals surface area contributed by atoms with Gasteiger partial charge >= 0.3 is 0 Å². The van der Waals surface area contributed by atoms with Crippen molar-refractivity contribution in [2.24, 2.45) is 5.92 Å². The second-order valence-electron chi connectivity index (χ2n) is 4.65. The van der Waals surface area contributed by atoms with E-state index < -0.39 is 5.60 Å². The number of aliphatic hydroxyl groups excluding tert-OH is 1. The van der Waals surface area contributed by atoms with Crippen LogP contribution in [0.2, 0.25) is 0 Å². The fourth-order valence-electron chi connectivity index (χ4n) is 1.39. The summed E-state index contributed by atoms with van der Waals surface area (Å²) >= 11 is 0. The zero-order valence-corrected chi connectivity index (χ0v) is 9.75. The van der Waals surface area contributed by atoms with Gasteiger partial charge in [-0.1, -0.05) is 6.92 Å². The quantitative estimate of drug-likeness (QED) is 0.524. The lowest BCUT2D eigenvalue weighted by atomic mass is 10.1. The Morgan fingerprint density at radius 3 is 2.43 bits per heavy atom. The van der Waals surface area contributed by atoms with Gasteiger partial charge in [-0.25, -0.2) is 0 Å². The van der Waals surface area contributed by atoms with E-state index in [1.54, 1.807) is 0 Å². The maximum atomic E-state index is 9.90. The van der Waals surface area contributed by atoms with Crippen LogP contribution in [0.25, 0.3) is 0 Å². The van der Waals surface area contributed by atoms with Crippen LogP contribution in [-0.4, -0.2) is 61.1 Å². The van der Waals surface area contributed by atoms with E-state index in [9.17, 15) is 5.11 Å². The van der Waals surface area contributed by atoms with E-state index in [1.165, 1.54) is 0 Å². The van der Waals surface area contributed by atoms with Crippen LogP contribution in [-0.2, 0) is 0 Å². The van der Waals surface area contributed by atoms with Gasteiger partial charge in [0.2, 0.25) is 0 Å². The van der Waals surface area contributed by atoms with Crippen LogP contribution in [0.5, 0.6) is 0 Å². The summed E-state index contributed by atoms with van der Waals surface area (Å²) < 4.78 is 0. The molecule has 4 heteroatoms. The van der Waals surface area contributed by atoms with E-state index in [2.05, 4.69) is 5.32 Å². The summed E-state index contributed by atoms with van der Waals surface area (Å²) in [6.07, 6.45) is 0. The zero-order valence-electron chi connectivity index (χ0n) is 9.75. The van der Waals surface area contributed by atoms with Gasteiger partial charge < -0.3 is 20.4 Å². The van der Waals surface area contributed by atoms with Gasteiger partial charge in [-0.2, -0.15) is 0 Å². The Labute approximate surface area is 86.9 Å². The van der Waals surface area contributed by atoms with Crippen LogP contribution in [0.4, 0.5) is 0 Å². The molecule has 0 aliphatic carbocycles. The molecule has 0 bridgehead atoms. The molecule has 14 heavy (non-hydrogen) atoms. The first kappa shape index (κ1) is 13.8. The number of nitrogens with one attached hydrogen (secondary N) is 1. The normalized spacial score (nSPS) is 18.2. The van der Waals surface area contributed by atoms with Gasteiger partial charge in [-0.3, -0.25) is 0 Å². The van der Waals surface area contributed by atoms with Crippen molar-refractivity contribution in [3.63, 3.8) is 0 Å². The fraction of sp³-hybridized carbons (Fsp3) is 1.00. The molecule has 0 radical (unpaired) electrons. The van der Waals surface area contributed by atoms with Gasteiger partial charge in [-0.05, 0) is 33.5 Å². The Kier molecular flexibility index (Phi) is 6.27. The maximum Gasteiger partial charge on any atom is 0.0869 e.